The number of halogens is 1. The van der Waals surface area contributed by atoms with E-state index in [0.717, 1.165) is 0 Å². The predicted molar refractivity (Wildman–Crippen MR) is 70.3 cm³/mol. The molecular weight excluding hydrogens is 288 g/mol. The van der Waals surface area contributed by atoms with E-state index < -0.39 is 10.0 Å². The van der Waals surface area contributed by atoms with Crippen molar-refractivity contribution in [3.8, 4) is 6.07 Å². The first-order valence-corrected chi connectivity index (χ1v) is 7.58. The molecule has 0 aromatic heterocycles. The molecule has 1 aliphatic heterocycles. The number of morpholine rings is 1. The van der Waals surface area contributed by atoms with Gasteiger partial charge in [0.15, 0.2) is 0 Å². The van der Waals surface area contributed by atoms with Gasteiger partial charge in [0.1, 0.15) is 4.90 Å². The number of hydrogen-bond donors (Lipinski definition) is 0. The number of rotatable bonds is 2. The van der Waals surface area contributed by atoms with Crippen LogP contribution in [0.15, 0.2) is 23.1 Å². The quantitative estimate of drug-likeness (QED) is 0.832. The minimum absolute atomic E-state index is 0.0260. The first-order chi connectivity index (χ1) is 8.96. The Kier molecular flexibility index (Phi) is 4.11. The van der Waals surface area contributed by atoms with Gasteiger partial charge in [0.2, 0.25) is 10.0 Å². The number of nitriles is 1. The van der Waals surface area contributed by atoms with E-state index in [-0.39, 0.29) is 28.1 Å². The second kappa shape index (κ2) is 5.47. The molecule has 1 atom stereocenters. The van der Waals surface area contributed by atoms with Gasteiger partial charge in [-0.3, -0.25) is 0 Å². The summed E-state index contributed by atoms with van der Waals surface area (Å²) < 4.78 is 31.7. The van der Waals surface area contributed by atoms with Gasteiger partial charge in [-0.25, -0.2) is 8.42 Å². The maximum atomic E-state index is 12.6. The van der Waals surface area contributed by atoms with Crippen LogP contribution in [0, 0.1) is 11.3 Å². The highest BCUT2D eigenvalue weighted by molar-refractivity contribution is 7.89. The Hall–Kier alpha value is -1.13. The van der Waals surface area contributed by atoms with Crippen molar-refractivity contribution in [1.29, 1.82) is 5.26 Å². The molecule has 0 spiro atoms. The Bertz CT molecular complexity index is 624. The highest BCUT2D eigenvalue weighted by atomic mass is 35.5. The van der Waals surface area contributed by atoms with Gasteiger partial charge in [0.25, 0.3) is 0 Å². The summed E-state index contributed by atoms with van der Waals surface area (Å²) in [5, 5.41) is 8.98. The minimum Gasteiger partial charge on any atom is -0.378 e. The van der Waals surface area contributed by atoms with Gasteiger partial charge >= 0.3 is 0 Å². The smallest absolute Gasteiger partial charge is 0.245 e. The second-order valence-corrected chi connectivity index (χ2v) is 6.56. The van der Waals surface area contributed by atoms with E-state index >= 15 is 0 Å². The van der Waals surface area contributed by atoms with E-state index in [9.17, 15) is 8.42 Å². The van der Waals surface area contributed by atoms with Crippen molar-refractivity contribution in [2.24, 2.45) is 0 Å². The van der Waals surface area contributed by atoms with Crippen LogP contribution in [0.1, 0.15) is 12.5 Å². The van der Waals surface area contributed by atoms with Crippen molar-refractivity contribution in [2.45, 2.75) is 17.9 Å². The monoisotopic (exact) mass is 300 g/mol. The Balaban J connectivity index is 2.47. The van der Waals surface area contributed by atoms with Crippen LogP contribution in [0.2, 0.25) is 5.02 Å². The zero-order valence-electron chi connectivity index (χ0n) is 10.3. The Morgan fingerprint density at radius 3 is 2.89 bits per heavy atom. The van der Waals surface area contributed by atoms with Crippen molar-refractivity contribution < 1.29 is 13.2 Å². The molecule has 1 aromatic rings. The highest BCUT2D eigenvalue weighted by Crippen LogP contribution is 2.27. The molecule has 0 N–H and O–H groups in total. The summed E-state index contributed by atoms with van der Waals surface area (Å²) in [6.07, 6.45) is 0. The lowest BCUT2D eigenvalue weighted by molar-refractivity contribution is 0.0393. The summed E-state index contributed by atoms with van der Waals surface area (Å²) in [4.78, 5) is -0.0260. The third-order valence-corrected chi connectivity index (χ3v) is 5.45. The van der Waals surface area contributed by atoms with Crippen molar-refractivity contribution in [1.82, 2.24) is 4.31 Å². The van der Waals surface area contributed by atoms with Crippen LogP contribution in [-0.4, -0.2) is 38.5 Å². The summed E-state index contributed by atoms with van der Waals surface area (Å²) in [5.74, 6) is 0. The molecule has 7 heteroatoms. The molecule has 0 bridgehead atoms. The van der Waals surface area contributed by atoms with E-state index in [2.05, 4.69) is 0 Å². The molecule has 102 valence electrons. The van der Waals surface area contributed by atoms with E-state index in [4.69, 9.17) is 21.6 Å². The van der Waals surface area contributed by atoms with Gasteiger partial charge in [-0.1, -0.05) is 11.6 Å². The third kappa shape index (κ3) is 2.74. The number of nitrogens with zero attached hydrogens (tertiary/aromatic N) is 2. The van der Waals surface area contributed by atoms with Gasteiger partial charge in [0.05, 0.1) is 29.9 Å². The molecule has 0 radical (unpaired) electrons. The predicted octanol–water partition coefficient (Wildman–Crippen LogP) is 1.62. The van der Waals surface area contributed by atoms with Crippen LogP contribution >= 0.6 is 11.6 Å². The van der Waals surface area contributed by atoms with Crippen LogP contribution in [-0.2, 0) is 14.8 Å². The minimum atomic E-state index is -3.70. The normalized spacial score (nSPS) is 21.0. The lowest BCUT2D eigenvalue weighted by Gasteiger charge is -2.32. The number of hydrogen-bond acceptors (Lipinski definition) is 4. The van der Waals surface area contributed by atoms with E-state index in [1.54, 1.807) is 6.92 Å². The summed E-state index contributed by atoms with van der Waals surface area (Å²) in [5.41, 5.74) is 0.267. The molecule has 1 heterocycles. The largest absolute Gasteiger partial charge is 0.378 e. The maximum Gasteiger partial charge on any atom is 0.245 e. The van der Waals surface area contributed by atoms with Gasteiger partial charge in [-0.15, -0.1) is 0 Å². The molecule has 0 aliphatic carbocycles. The first kappa shape index (κ1) is 14.3. The molecule has 1 aromatic carbocycles. The molecule has 1 aliphatic rings. The van der Waals surface area contributed by atoms with Crippen molar-refractivity contribution in [2.75, 3.05) is 19.8 Å². The lowest BCUT2D eigenvalue weighted by Crippen LogP contribution is -2.47. The molecule has 1 unspecified atom stereocenters. The van der Waals surface area contributed by atoms with Crippen LogP contribution in [0.3, 0.4) is 0 Å². The third-order valence-electron chi connectivity index (χ3n) is 2.95. The lowest BCUT2D eigenvalue weighted by atomic mass is 10.2. The summed E-state index contributed by atoms with van der Waals surface area (Å²) in [6, 6.07) is 5.89. The molecule has 2 rings (SSSR count). The number of sulfonamides is 1. The highest BCUT2D eigenvalue weighted by Gasteiger charge is 2.33. The van der Waals surface area contributed by atoms with Crippen molar-refractivity contribution in [3.63, 3.8) is 0 Å². The zero-order chi connectivity index (χ0) is 14.0. The van der Waals surface area contributed by atoms with Crippen LogP contribution in [0.5, 0.6) is 0 Å². The summed E-state index contributed by atoms with van der Waals surface area (Å²) in [6.45, 7) is 2.78. The van der Waals surface area contributed by atoms with Gasteiger partial charge in [-0.05, 0) is 25.1 Å². The SMILES string of the molecule is CC1COCCN1S(=O)(=O)c1cc(C#N)ccc1Cl. The average molecular weight is 301 g/mol. The summed E-state index contributed by atoms with van der Waals surface area (Å²) in [7, 11) is -3.70. The van der Waals surface area contributed by atoms with E-state index in [0.29, 0.717) is 13.2 Å². The fourth-order valence-corrected chi connectivity index (χ4v) is 4.07. The second-order valence-electron chi connectivity index (χ2n) is 4.30. The van der Waals surface area contributed by atoms with Crippen LogP contribution in [0.25, 0.3) is 0 Å². The van der Waals surface area contributed by atoms with Crippen molar-refractivity contribution >= 4 is 21.6 Å². The van der Waals surface area contributed by atoms with Crippen LogP contribution < -0.4 is 0 Å². The van der Waals surface area contributed by atoms with Gasteiger partial charge < -0.3 is 4.74 Å². The zero-order valence-corrected chi connectivity index (χ0v) is 11.9. The molecule has 1 saturated heterocycles. The Morgan fingerprint density at radius 2 is 2.26 bits per heavy atom. The molecular formula is C12H13ClN2O3S. The number of ether oxygens (including phenoxy) is 1. The first-order valence-electron chi connectivity index (χ1n) is 5.76. The average Bonchev–Trinajstić information content (AvgIpc) is 2.39. The fourth-order valence-electron chi connectivity index (χ4n) is 1.97. The fraction of sp³-hybridized carbons (Fsp3) is 0.417. The topological polar surface area (TPSA) is 70.4 Å². The molecule has 5 nitrogen and oxygen atoms in total. The Labute approximate surface area is 117 Å². The van der Waals surface area contributed by atoms with Gasteiger partial charge in [-0.2, -0.15) is 9.57 Å². The standard InChI is InChI=1S/C12H13ClN2O3S/c1-9-8-18-5-4-15(9)19(16,17)12-6-10(7-14)2-3-11(12)13/h2-3,6,9H,4-5,8H2,1H3. The molecule has 19 heavy (non-hydrogen) atoms. The molecule has 0 saturated carbocycles. The van der Waals surface area contributed by atoms with E-state index in [1.807, 2.05) is 6.07 Å². The van der Waals surface area contributed by atoms with E-state index in [1.165, 1.54) is 22.5 Å². The van der Waals surface area contributed by atoms with Crippen LogP contribution in [0.4, 0.5) is 0 Å². The maximum absolute atomic E-state index is 12.6. The Morgan fingerprint density at radius 1 is 1.53 bits per heavy atom. The molecule has 0 amide bonds. The summed E-state index contributed by atoms with van der Waals surface area (Å²) >= 11 is 5.96. The van der Waals surface area contributed by atoms with Gasteiger partial charge in [0, 0.05) is 12.6 Å². The number of benzene rings is 1. The van der Waals surface area contributed by atoms with Crippen molar-refractivity contribution in [3.05, 3.63) is 28.8 Å². The molecule has 1 fully saturated rings.